The quantitative estimate of drug-likeness (QED) is 0.727. The highest BCUT2D eigenvalue weighted by atomic mass is 32.1. The largest absolute Gasteiger partial charge is 0.369 e. The summed E-state index contributed by atoms with van der Waals surface area (Å²) in [7, 11) is 0. The van der Waals surface area contributed by atoms with Gasteiger partial charge in [0.25, 0.3) is 0 Å². The molecule has 22 heavy (non-hydrogen) atoms. The predicted octanol–water partition coefficient (Wildman–Crippen LogP) is 2.85. The average molecular weight is 310 g/mol. The van der Waals surface area contributed by atoms with Crippen molar-refractivity contribution in [2.75, 3.05) is 5.73 Å². The number of nitrogens with two attached hydrogens (primary N) is 1. The van der Waals surface area contributed by atoms with Gasteiger partial charge in [0, 0.05) is 5.92 Å². The summed E-state index contributed by atoms with van der Waals surface area (Å²) in [6, 6.07) is 12.0. The number of aromatic amines is 1. The Kier molecular flexibility index (Phi) is 3.00. The molecule has 0 saturated heterocycles. The molecule has 0 aliphatic heterocycles. The Morgan fingerprint density at radius 1 is 1.18 bits per heavy atom. The van der Waals surface area contributed by atoms with E-state index in [9.17, 15) is 0 Å². The summed E-state index contributed by atoms with van der Waals surface area (Å²) in [5.41, 5.74) is 8.65. The summed E-state index contributed by atoms with van der Waals surface area (Å²) in [5.74, 6) is 1.38. The highest BCUT2D eigenvalue weighted by Gasteiger charge is 2.28. The Labute approximate surface area is 132 Å². The van der Waals surface area contributed by atoms with Crippen LogP contribution in [0.25, 0.3) is 17.2 Å². The minimum absolute atomic E-state index is 0.222. The molecule has 110 valence electrons. The number of nitrogens with one attached hydrogen (secondary N) is 1. The molecular formula is C15H14N6S. The fraction of sp³-hybridized carbons (Fsp3) is 0.200. The Balaban J connectivity index is 1.92. The van der Waals surface area contributed by atoms with Gasteiger partial charge in [0.2, 0.25) is 10.7 Å². The number of H-pyrrole nitrogens is 1. The molecule has 3 N–H and O–H groups in total. The number of nitrogens with zero attached hydrogens (tertiary/aromatic N) is 4. The molecular weight excluding hydrogens is 296 g/mol. The molecule has 1 aromatic carbocycles. The maximum absolute atomic E-state index is 5.76. The molecule has 1 fully saturated rings. The third-order valence-corrected chi connectivity index (χ3v) is 3.82. The van der Waals surface area contributed by atoms with Crippen molar-refractivity contribution in [3.63, 3.8) is 0 Å². The van der Waals surface area contributed by atoms with Gasteiger partial charge < -0.3 is 10.7 Å². The van der Waals surface area contributed by atoms with Crippen LogP contribution in [0.2, 0.25) is 0 Å². The number of aromatic nitrogens is 5. The predicted molar refractivity (Wildman–Crippen MR) is 86.2 cm³/mol. The molecule has 0 unspecified atom stereocenters. The first-order chi connectivity index (χ1) is 10.7. The lowest BCUT2D eigenvalue weighted by Gasteiger charge is -2.07. The van der Waals surface area contributed by atoms with Gasteiger partial charge in [-0.1, -0.05) is 18.2 Å². The first kappa shape index (κ1) is 13.1. The van der Waals surface area contributed by atoms with E-state index in [1.807, 2.05) is 35.0 Å². The lowest BCUT2D eigenvalue weighted by atomic mass is 10.2. The zero-order chi connectivity index (χ0) is 15.1. The zero-order valence-corrected chi connectivity index (χ0v) is 12.5. The Bertz CT molecular complexity index is 879. The van der Waals surface area contributed by atoms with Gasteiger partial charge in [-0.3, -0.25) is 0 Å². The number of anilines is 1. The number of nitrogen functional groups attached to an aromatic ring is 1. The molecule has 1 saturated carbocycles. The average Bonchev–Trinajstić information content (AvgIpc) is 3.26. The maximum Gasteiger partial charge on any atom is 0.224 e. The number of hydrogen-bond donors (Lipinski definition) is 2. The van der Waals surface area contributed by atoms with E-state index in [2.05, 4.69) is 21.0 Å². The number of benzene rings is 1. The minimum Gasteiger partial charge on any atom is -0.369 e. The molecule has 2 heterocycles. The van der Waals surface area contributed by atoms with Crippen LogP contribution in [0.5, 0.6) is 0 Å². The molecule has 0 radical (unpaired) electrons. The fourth-order valence-electron chi connectivity index (χ4n) is 2.43. The zero-order valence-electron chi connectivity index (χ0n) is 11.7. The molecule has 0 amide bonds. The molecule has 1 aliphatic carbocycles. The first-order valence-electron chi connectivity index (χ1n) is 7.10. The summed E-state index contributed by atoms with van der Waals surface area (Å²) < 4.78 is 2.10. The topological polar surface area (TPSA) is 85.4 Å². The highest BCUT2D eigenvalue weighted by molar-refractivity contribution is 7.71. The monoisotopic (exact) mass is 310 g/mol. The Morgan fingerprint density at radius 3 is 2.64 bits per heavy atom. The van der Waals surface area contributed by atoms with E-state index in [0.717, 1.165) is 17.1 Å². The van der Waals surface area contributed by atoms with Gasteiger partial charge in [-0.25, -0.2) is 4.68 Å². The van der Waals surface area contributed by atoms with Crippen molar-refractivity contribution in [1.29, 1.82) is 0 Å². The van der Waals surface area contributed by atoms with Crippen LogP contribution in [0.3, 0.4) is 0 Å². The standard InChI is InChI=1S/C15H14N6S/c16-14-17-13(18-15(22)19-14)12-8-11(9-6-7-9)20-21(12)10-4-2-1-3-5-10/h1-5,8-9H,6-7H2,(H3,16,17,18,19,22). The number of hydrogen-bond acceptors (Lipinski definition) is 5. The van der Waals surface area contributed by atoms with Gasteiger partial charge in [-0.05, 0) is 43.3 Å². The van der Waals surface area contributed by atoms with Crippen molar-refractivity contribution < 1.29 is 0 Å². The lowest BCUT2D eigenvalue weighted by molar-refractivity contribution is 0.835. The second kappa shape index (κ2) is 5.03. The minimum atomic E-state index is 0.222. The van der Waals surface area contributed by atoms with Crippen LogP contribution < -0.4 is 5.73 Å². The van der Waals surface area contributed by atoms with E-state index in [-0.39, 0.29) is 10.7 Å². The summed E-state index contributed by atoms with van der Waals surface area (Å²) in [5, 5.41) is 4.74. The van der Waals surface area contributed by atoms with E-state index in [1.165, 1.54) is 12.8 Å². The van der Waals surface area contributed by atoms with Crippen molar-refractivity contribution in [3.05, 3.63) is 46.9 Å². The molecule has 6 nitrogen and oxygen atoms in total. The van der Waals surface area contributed by atoms with Gasteiger partial charge in [0.1, 0.15) is 5.69 Å². The molecule has 4 rings (SSSR count). The van der Waals surface area contributed by atoms with Crippen molar-refractivity contribution in [1.82, 2.24) is 24.7 Å². The summed E-state index contributed by atoms with van der Waals surface area (Å²) in [4.78, 5) is 11.2. The third kappa shape index (κ3) is 2.39. The van der Waals surface area contributed by atoms with Gasteiger partial charge in [-0.15, -0.1) is 0 Å². The van der Waals surface area contributed by atoms with Gasteiger partial charge in [-0.2, -0.15) is 15.1 Å². The smallest absolute Gasteiger partial charge is 0.224 e. The fourth-order valence-corrected chi connectivity index (χ4v) is 2.62. The van der Waals surface area contributed by atoms with E-state index in [4.69, 9.17) is 23.1 Å². The summed E-state index contributed by atoms with van der Waals surface area (Å²) in [6.45, 7) is 0. The normalized spacial score (nSPS) is 14.2. The van der Waals surface area contributed by atoms with Crippen LogP contribution in [0.1, 0.15) is 24.5 Å². The van der Waals surface area contributed by atoms with Crippen LogP contribution in [0.4, 0.5) is 5.95 Å². The molecule has 3 aromatic rings. The molecule has 0 spiro atoms. The van der Waals surface area contributed by atoms with Crippen molar-refractivity contribution in [2.24, 2.45) is 0 Å². The van der Waals surface area contributed by atoms with E-state index in [0.29, 0.717) is 11.7 Å². The van der Waals surface area contributed by atoms with Gasteiger partial charge in [0.05, 0.1) is 11.4 Å². The van der Waals surface area contributed by atoms with Crippen molar-refractivity contribution in [2.45, 2.75) is 18.8 Å². The second-order valence-electron chi connectivity index (χ2n) is 5.34. The maximum atomic E-state index is 5.76. The molecule has 0 atom stereocenters. The first-order valence-corrected chi connectivity index (χ1v) is 7.51. The van der Waals surface area contributed by atoms with E-state index < -0.39 is 0 Å². The Hall–Kier alpha value is -2.54. The van der Waals surface area contributed by atoms with Gasteiger partial charge >= 0.3 is 0 Å². The lowest BCUT2D eigenvalue weighted by Crippen LogP contribution is -2.04. The Morgan fingerprint density at radius 2 is 1.95 bits per heavy atom. The van der Waals surface area contributed by atoms with Gasteiger partial charge in [0.15, 0.2) is 5.82 Å². The second-order valence-corrected chi connectivity index (χ2v) is 5.71. The molecule has 7 heteroatoms. The SMILES string of the molecule is Nc1nc(=S)nc(-c2cc(C3CC3)nn2-c2ccccc2)[nH]1. The van der Waals surface area contributed by atoms with Crippen molar-refractivity contribution >= 4 is 18.2 Å². The third-order valence-electron chi connectivity index (χ3n) is 3.64. The highest BCUT2D eigenvalue weighted by Crippen LogP contribution is 2.40. The molecule has 2 aromatic heterocycles. The molecule has 1 aliphatic rings. The summed E-state index contributed by atoms with van der Waals surface area (Å²) >= 11 is 5.07. The number of para-hydroxylation sites is 1. The summed E-state index contributed by atoms with van der Waals surface area (Å²) in [6.07, 6.45) is 2.38. The van der Waals surface area contributed by atoms with Crippen LogP contribution >= 0.6 is 12.2 Å². The number of rotatable bonds is 3. The van der Waals surface area contributed by atoms with Crippen LogP contribution in [0, 0.1) is 4.77 Å². The van der Waals surface area contributed by atoms with Crippen LogP contribution in [-0.2, 0) is 0 Å². The van der Waals surface area contributed by atoms with Crippen LogP contribution in [-0.4, -0.2) is 24.7 Å². The van der Waals surface area contributed by atoms with E-state index >= 15 is 0 Å². The van der Waals surface area contributed by atoms with E-state index in [1.54, 1.807) is 0 Å². The molecule has 0 bridgehead atoms. The van der Waals surface area contributed by atoms with Crippen LogP contribution in [0.15, 0.2) is 36.4 Å². The van der Waals surface area contributed by atoms with Crippen molar-refractivity contribution in [3.8, 4) is 17.2 Å².